The summed E-state index contributed by atoms with van der Waals surface area (Å²) in [4.78, 5) is 20.8. The third-order valence-corrected chi connectivity index (χ3v) is 1.63. The van der Waals surface area contributed by atoms with Crippen LogP contribution in [0.4, 0.5) is 5.69 Å². The molecule has 1 rings (SSSR count). The number of carbonyl (C=O) groups excluding carboxylic acids is 1. The van der Waals surface area contributed by atoms with E-state index in [1.807, 2.05) is 0 Å². The molecule has 5 nitrogen and oxygen atoms in total. The maximum absolute atomic E-state index is 10.9. The van der Waals surface area contributed by atoms with E-state index in [-0.39, 0.29) is 11.4 Å². The predicted octanol–water partition coefficient (Wildman–Crippen LogP) is 1.99. The van der Waals surface area contributed by atoms with Crippen molar-refractivity contribution in [2.24, 2.45) is 0 Å². The molecule has 0 bridgehead atoms. The molecule has 0 heterocycles. The van der Waals surface area contributed by atoms with Crippen LogP contribution >= 0.6 is 0 Å². The second-order valence-corrected chi connectivity index (χ2v) is 2.89. The molecule has 0 radical (unpaired) electrons. The number of nitro groups is 1. The van der Waals surface area contributed by atoms with Gasteiger partial charge in [0.2, 0.25) is 0 Å². The fraction of sp³-hybridized carbons (Fsp3) is 0.100. The molecule has 0 aliphatic rings. The Hall–Kier alpha value is -2.17. The average molecular weight is 207 g/mol. The zero-order valence-corrected chi connectivity index (χ0v) is 8.10. The fourth-order valence-electron chi connectivity index (χ4n) is 1.05. The summed E-state index contributed by atoms with van der Waals surface area (Å²) in [5.74, 6) is -0.499. The lowest BCUT2D eigenvalue weighted by molar-refractivity contribution is -0.385. The summed E-state index contributed by atoms with van der Waals surface area (Å²) in [6, 6.07) is 4.12. The second-order valence-electron chi connectivity index (χ2n) is 2.89. The molecule has 0 unspecified atom stereocenters. The smallest absolute Gasteiger partial charge is 0.335 e. The number of nitro benzene ring substituents is 1. The monoisotopic (exact) mass is 207 g/mol. The van der Waals surface area contributed by atoms with E-state index >= 15 is 0 Å². The molecule has 0 spiro atoms. The van der Waals surface area contributed by atoms with Crippen LogP contribution in [-0.2, 0) is 4.79 Å². The van der Waals surface area contributed by atoms with Gasteiger partial charge in [0, 0.05) is 12.1 Å². The molecule has 0 amide bonds. The number of rotatable bonds is 3. The molecule has 0 saturated heterocycles. The molecule has 0 N–H and O–H groups in total. The van der Waals surface area contributed by atoms with E-state index in [1.54, 1.807) is 6.92 Å². The van der Waals surface area contributed by atoms with Gasteiger partial charge in [-0.25, -0.2) is 4.79 Å². The first kappa shape index (κ1) is 10.9. The third-order valence-electron chi connectivity index (χ3n) is 1.63. The van der Waals surface area contributed by atoms with Crippen molar-refractivity contribution in [1.82, 2.24) is 0 Å². The van der Waals surface area contributed by atoms with Crippen LogP contribution in [0.2, 0.25) is 0 Å². The highest BCUT2D eigenvalue weighted by Crippen LogP contribution is 2.22. The second kappa shape index (κ2) is 4.36. The number of benzene rings is 1. The third kappa shape index (κ3) is 2.91. The van der Waals surface area contributed by atoms with Crippen LogP contribution in [0, 0.1) is 17.0 Å². The molecule has 78 valence electrons. The van der Waals surface area contributed by atoms with E-state index < -0.39 is 10.9 Å². The van der Waals surface area contributed by atoms with Crippen LogP contribution in [0.15, 0.2) is 30.9 Å². The van der Waals surface area contributed by atoms with E-state index in [4.69, 9.17) is 4.74 Å². The molecule has 1 aromatic rings. The highest BCUT2D eigenvalue weighted by Gasteiger charge is 2.10. The highest BCUT2D eigenvalue weighted by atomic mass is 16.6. The molecule has 5 heteroatoms. The van der Waals surface area contributed by atoms with Crippen LogP contribution in [0.1, 0.15) is 5.56 Å². The van der Waals surface area contributed by atoms with Crippen LogP contribution in [-0.4, -0.2) is 10.9 Å². The van der Waals surface area contributed by atoms with Crippen molar-refractivity contribution in [2.45, 2.75) is 6.92 Å². The van der Waals surface area contributed by atoms with E-state index in [0.29, 0.717) is 5.56 Å². The van der Waals surface area contributed by atoms with Gasteiger partial charge in [-0.15, -0.1) is 0 Å². The Labute approximate surface area is 86.1 Å². The Morgan fingerprint density at radius 2 is 2.20 bits per heavy atom. The van der Waals surface area contributed by atoms with E-state index in [1.165, 1.54) is 18.2 Å². The number of hydrogen-bond donors (Lipinski definition) is 0. The Kier molecular flexibility index (Phi) is 3.17. The summed E-state index contributed by atoms with van der Waals surface area (Å²) in [7, 11) is 0. The first-order valence-corrected chi connectivity index (χ1v) is 4.13. The Bertz CT molecular complexity index is 425. The van der Waals surface area contributed by atoms with Gasteiger partial charge in [0.05, 0.1) is 11.0 Å². The summed E-state index contributed by atoms with van der Waals surface area (Å²) in [5.41, 5.74) is 0.540. The molecule has 15 heavy (non-hydrogen) atoms. The van der Waals surface area contributed by atoms with Crippen molar-refractivity contribution >= 4 is 11.7 Å². The van der Waals surface area contributed by atoms with Crippen LogP contribution < -0.4 is 4.74 Å². The van der Waals surface area contributed by atoms with Gasteiger partial charge in [-0.05, 0) is 18.6 Å². The Morgan fingerprint density at radius 3 is 2.73 bits per heavy atom. The van der Waals surface area contributed by atoms with E-state index in [0.717, 1.165) is 6.08 Å². The minimum Gasteiger partial charge on any atom is -0.423 e. The minimum atomic E-state index is -0.644. The fourth-order valence-corrected chi connectivity index (χ4v) is 1.05. The topological polar surface area (TPSA) is 69.4 Å². The normalized spacial score (nSPS) is 9.40. The highest BCUT2D eigenvalue weighted by molar-refractivity contribution is 5.83. The van der Waals surface area contributed by atoms with Gasteiger partial charge >= 0.3 is 5.97 Å². The quantitative estimate of drug-likeness (QED) is 0.250. The summed E-state index contributed by atoms with van der Waals surface area (Å²) >= 11 is 0. The lowest BCUT2D eigenvalue weighted by atomic mass is 10.2. The number of ether oxygens (including phenoxy) is 1. The lowest BCUT2D eigenvalue weighted by Gasteiger charge is -2.02. The molecule has 1 aromatic carbocycles. The van der Waals surface area contributed by atoms with Crippen molar-refractivity contribution in [2.75, 3.05) is 0 Å². The summed E-state index contributed by atoms with van der Waals surface area (Å²) < 4.78 is 4.77. The van der Waals surface area contributed by atoms with Gasteiger partial charge in [0.15, 0.2) is 0 Å². The first-order valence-electron chi connectivity index (χ1n) is 4.13. The zero-order valence-electron chi connectivity index (χ0n) is 8.10. The van der Waals surface area contributed by atoms with Crippen molar-refractivity contribution in [3.05, 3.63) is 46.5 Å². The van der Waals surface area contributed by atoms with Crippen molar-refractivity contribution in [1.29, 1.82) is 0 Å². The maximum atomic E-state index is 10.9. The zero-order chi connectivity index (χ0) is 11.4. The molecule has 0 saturated carbocycles. The maximum Gasteiger partial charge on any atom is 0.335 e. The van der Waals surface area contributed by atoms with Crippen molar-refractivity contribution in [3.8, 4) is 5.75 Å². The molecular formula is C10H9NO4. The van der Waals surface area contributed by atoms with Gasteiger partial charge in [-0.3, -0.25) is 10.1 Å². The van der Waals surface area contributed by atoms with Gasteiger partial charge < -0.3 is 4.74 Å². The molecule has 0 aromatic heterocycles. The minimum absolute atomic E-state index is 0.109. The largest absolute Gasteiger partial charge is 0.423 e. The number of carbonyl (C=O) groups is 1. The van der Waals surface area contributed by atoms with E-state index in [2.05, 4.69) is 6.58 Å². The Balaban J connectivity index is 3.03. The van der Waals surface area contributed by atoms with Gasteiger partial charge in [-0.1, -0.05) is 6.58 Å². The van der Waals surface area contributed by atoms with Crippen molar-refractivity contribution in [3.63, 3.8) is 0 Å². The number of aryl methyl sites for hydroxylation is 1. The Morgan fingerprint density at radius 1 is 1.53 bits per heavy atom. The standard InChI is InChI=1S/C10H9NO4/c1-3-10(12)15-9-5-7(2)4-8(6-9)11(13)14/h3-6H,1H2,2H3. The molecule has 0 aliphatic heterocycles. The van der Waals surface area contributed by atoms with Crippen LogP contribution in [0.25, 0.3) is 0 Å². The van der Waals surface area contributed by atoms with E-state index in [9.17, 15) is 14.9 Å². The van der Waals surface area contributed by atoms with Gasteiger partial charge in [-0.2, -0.15) is 0 Å². The molecule has 0 atom stereocenters. The summed E-state index contributed by atoms with van der Waals surface area (Å²) in [5, 5.41) is 10.5. The van der Waals surface area contributed by atoms with Gasteiger partial charge in [0.1, 0.15) is 5.75 Å². The van der Waals surface area contributed by atoms with Crippen LogP contribution in [0.3, 0.4) is 0 Å². The number of non-ortho nitro benzene ring substituents is 1. The predicted molar refractivity (Wildman–Crippen MR) is 53.7 cm³/mol. The molecule has 0 fully saturated rings. The SMILES string of the molecule is C=CC(=O)Oc1cc(C)cc([N+](=O)[O-])c1. The number of esters is 1. The number of nitrogens with zero attached hydrogens (tertiary/aromatic N) is 1. The van der Waals surface area contributed by atoms with Crippen molar-refractivity contribution < 1.29 is 14.5 Å². The summed E-state index contributed by atoms with van der Waals surface area (Å²) in [6.07, 6.45) is 0.994. The van der Waals surface area contributed by atoms with Gasteiger partial charge in [0.25, 0.3) is 5.69 Å². The number of hydrogen-bond acceptors (Lipinski definition) is 4. The molecular weight excluding hydrogens is 198 g/mol. The molecule has 0 aliphatic carbocycles. The lowest BCUT2D eigenvalue weighted by Crippen LogP contribution is -2.03. The van der Waals surface area contributed by atoms with Crippen LogP contribution in [0.5, 0.6) is 5.75 Å². The average Bonchev–Trinajstić information content (AvgIpc) is 2.16. The first-order chi connectivity index (χ1) is 7.02. The summed E-state index contributed by atoms with van der Waals surface area (Å²) in [6.45, 7) is 4.91.